The number of hydrogen-bond acceptors (Lipinski definition) is 2. The molecule has 2 N–H and O–H groups in total. The molecular formula is C14H18ClFN2O. The molecular weight excluding hydrogens is 267 g/mol. The summed E-state index contributed by atoms with van der Waals surface area (Å²) in [5, 5.41) is -0.110. The lowest BCUT2D eigenvalue weighted by Crippen LogP contribution is -2.51. The van der Waals surface area contributed by atoms with Crippen molar-refractivity contribution in [2.45, 2.75) is 25.8 Å². The highest BCUT2D eigenvalue weighted by Gasteiger charge is 2.32. The number of hydrogen-bond donors (Lipinski definition) is 1. The van der Waals surface area contributed by atoms with E-state index in [1.54, 1.807) is 11.0 Å². The highest BCUT2D eigenvalue weighted by Crippen LogP contribution is 2.27. The number of nitrogens with zero attached hydrogens (tertiary/aromatic N) is 1. The molecule has 1 aromatic rings. The predicted molar refractivity (Wildman–Crippen MR) is 73.7 cm³/mol. The van der Waals surface area contributed by atoms with Gasteiger partial charge >= 0.3 is 0 Å². The van der Waals surface area contributed by atoms with Crippen LogP contribution in [0.25, 0.3) is 0 Å². The van der Waals surface area contributed by atoms with Crippen LogP contribution in [0, 0.1) is 11.7 Å². The van der Waals surface area contributed by atoms with Crippen molar-refractivity contribution in [1.29, 1.82) is 0 Å². The summed E-state index contributed by atoms with van der Waals surface area (Å²) in [6.45, 7) is 3.15. The minimum absolute atomic E-state index is 0.000541. The minimum atomic E-state index is -0.568. The van der Waals surface area contributed by atoms with E-state index in [4.69, 9.17) is 17.3 Å². The van der Waals surface area contributed by atoms with Crippen LogP contribution >= 0.6 is 11.6 Å². The molecule has 1 aliphatic rings. The Labute approximate surface area is 117 Å². The van der Waals surface area contributed by atoms with Gasteiger partial charge in [0.25, 0.3) is 5.91 Å². The van der Waals surface area contributed by atoms with Crippen molar-refractivity contribution in [3.8, 4) is 0 Å². The van der Waals surface area contributed by atoms with E-state index >= 15 is 0 Å². The zero-order chi connectivity index (χ0) is 14.0. The molecule has 104 valence electrons. The summed E-state index contributed by atoms with van der Waals surface area (Å²) < 4.78 is 13.4. The van der Waals surface area contributed by atoms with Crippen molar-refractivity contribution in [3.63, 3.8) is 0 Å². The van der Waals surface area contributed by atoms with Gasteiger partial charge in [-0.3, -0.25) is 4.79 Å². The predicted octanol–water partition coefficient (Wildman–Crippen LogP) is 2.68. The van der Waals surface area contributed by atoms with Gasteiger partial charge in [0, 0.05) is 19.1 Å². The zero-order valence-corrected chi connectivity index (χ0v) is 11.7. The van der Waals surface area contributed by atoms with Crippen LogP contribution in [-0.2, 0) is 0 Å². The largest absolute Gasteiger partial charge is 0.334 e. The molecule has 1 heterocycles. The van der Waals surface area contributed by atoms with Gasteiger partial charge in [0.1, 0.15) is 5.82 Å². The molecule has 1 aliphatic heterocycles. The summed E-state index contributed by atoms with van der Waals surface area (Å²) in [5.41, 5.74) is 5.98. The molecule has 19 heavy (non-hydrogen) atoms. The van der Waals surface area contributed by atoms with Gasteiger partial charge < -0.3 is 10.6 Å². The van der Waals surface area contributed by atoms with E-state index < -0.39 is 5.82 Å². The van der Waals surface area contributed by atoms with Crippen LogP contribution in [0.5, 0.6) is 0 Å². The van der Waals surface area contributed by atoms with Crippen LogP contribution < -0.4 is 5.73 Å². The maximum Gasteiger partial charge on any atom is 0.255 e. The van der Waals surface area contributed by atoms with Gasteiger partial charge in [-0.15, -0.1) is 0 Å². The van der Waals surface area contributed by atoms with E-state index in [1.165, 1.54) is 12.1 Å². The molecule has 0 aromatic heterocycles. The number of likely N-dealkylation sites (tertiary alicyclic amines) is 1. The minimum Gasteiger partial charge on any atom is -0.334 e. The third-order valence-electron chi connectivity index (χ3n) is 3.80. The standard InChI is InChI=1S/C14H18ClFN2O/c1-9-4-3-7-18(12(9)8-17)14(19)10-5-2-6-11(16)13(10)15/h2,5-6,9,12H,3-4,7-8,17H2,1H3/t9-,12+/m0/s1. The maximum atomic E-state index is 13.4. The van der Waals surface area contributed by atoms with Crippen LogP contribution in [0.1, 0.15) is 30.1 Å². The van der Waals surface area contributed by atoms with Gasteiger partial charge in [-0.25, -0.2) is 4.39 Å². The summed E-state index contributed by atoms with van der Waals surface area (Å²) in [6.07, 6.45) is 2.00. The summed E-state index contributed by atoms with van der Waals surface area (Å²) >= 11 is 5.88. The monoisotopic (exact) mass is 284 g/mol. The molecule has 1 amide bonds. The number of piperidine rings is 1. The smallest absolute Gasteiger partial charge is 0.255 e. The number of rotatable bonds is 2. The molecule has 0 unspecified atom stereocenters. The Morgan fingerprint density at radius 1 is 1.58 bits per heavy atom. The Bertz CT molecular complexity index is 481. The maximum absolute atomic E-state index is 13.4. The van der Waals surface area contributed by atoms with E-state index in [0.717, 1.165) is 12.8 Å². The van der Waals surface area contributed by atoms with Gasteiger partial charge in [-0.2, -0.15) is 0 Å². The SMILES string of the molecule is C[C@H]1CCCN(C(=O)c2cccc(F)c2Cl)[C@@H]1CN. The topological polar surface area (TPSA) is 46.3 Å². The Hall–Kier alpha value is -1.13. The number of halogens is 2. The first-order chi connectivity index (χ1) is 9.06. The van der Waals surface area contributed by atoms with E-state index in [0.29, 0.717) is 19.0 Å². The molecule has 3 nitrogen and oxygen atoms in total. The molecule has 0 bridgehead atoms. The van der Waals surface area contributed by atoms with Gasteiger partial charge in [0.2, 0.25) is 0 Å². The lowest BCUT2D eigenvalue weighted by atomic mass is 9.90. The Morgan fingerprint density at radius 2 is 2.32 bits per heavy atom. The molecule has 0 spiro atoms. The third kappa shape index (κ3) is 2.74. The molecule has 2 rings (SSSR count). The van der Waals surface area contributed by atoms with Gasteiger partial charge in [0.15, 0.2) is 0 Å². The second-order valence-corrected chi connectivity index (χ2v) is 5.40. The molecule has 1 fully saturated rings. The molecule has 0 radical (unpaired) electrons. The molecule has 0 aliphatic carbocycles. The summed E-state index contributed by atoms with van der Waals surface area (Å²) in [6, 6.07) is 4.30. The highest BCUT2D eigenvalue weighted by molar-refractivity contribution is 6.34. The molecule has 1 aromatic carbocycles. The molecule has 5 heteroatoms. The lowest BCUT2D eigenvalue weighted by molar-refractivity contribution is 0.0532. The molecule has 1 saturated heterocycles. The lowest BCUT2D eigenvalue weighted by Gasteiger charge is -2.39. The van der Waals surface area contributed by atoms with Gasteiger partial charge in [-0.05, 0) is 30.9 Å². The summed E-state index contributed by atoms with van der Waals surface area (Å²) in [5.74, 6) is -0.441. The van der Waals surface area contributed by atoms with Crippen LogP contribution in [0.4, 0.5) is 4.39 Å². The number of nitrogens with two attached hydrogens (primary N) is 1. The Kier molecular flexibility index (Phi) is 4.42. The first-order valence-corrected chi connectivity index (χ1v) is 6.89. The zero-order valence-electron chi connectivity index (χ0n) is 10.9. The van der Waals surface area contributed by atoms with Crippen molar-refractivity contribution >= 4 is 17.5 Å². The fraction of sp³-hybridized carbons (Fsp3) is 0.500. The van der Waals surface area contributed by atoms with E-state index in [-0.39, 0.29) is 22.5 Å². The Morgan fingerprint density at radius 3 is 3.00 bits per heavy atom. The average molecular weight is 285 g/mol. The van der Waals surface area contributed by atoms with Crippen LogP contribution in [0.2, 0.25) is 5.02 Å². The van der Waals surface area contributed by atoms with Crippen molar-refractivity contribution in [3.05, 3.63) is 34.6 Å². The van der Waals surface area contributed by atoms with Gasteiger partial charge in [0.05, 0.1) is 10.6 Å². The highest BCUT2D eigenvalue weighted by atomic mass is 35.5. The quantitative estimate of drug-likeness (QED) is 0.907. The van der Waals surface area contributed by atoms with Crippen molar-refractivity contribution in [2.75, 3.05) is 13.1 Å². The fourth-order valence-electron chi connectivity index (χ4n) is 2.68. The van der Waals surface area contributed by atoms with Crippen LogP contribution in [-0.4, -0.2) is 29.9 Å². The van der Waals surface area contributed by atoms with Crippen LogP contribution in [0.3, 0.4) is 0 Å². The number of carbonyl (C=O) groups excluding carboxylic acids is 1. The van der Waals surface area contributed by atoms with Crippen molar-refractivity contribution in [1.82, 2.24) is 4.90 Å². The number of amides is 1. The first-order valence-electron chi connectivity index (χ1n) is 6.51. The van der Waals surface area contributed by atoms with Crippen molar-refractivity contribution < 1.29 is 9.18 Å². The number of carbonyl (C=O) groups is 1. The first kappa shape index (κ1) is 14.3. The summed E-state index contributed by atoms with van der Waals surface area (Å²) in [7, 11) is 0. The Balaban J connectivity index is 2.29. The average Bonchev–Trinajstić information content (AvgIpc) is 2.41. The van der Waals surface area contributed by atoms with E-state index in [9.17, 15) is 9.18 Å². The second kappa shape index (κ2) is 5.88. The van der Waals surface area contributed by atoms with E-state index in [2.05, 4.69) is 6.92 Å². The normalized spacial score (nSPS) is 23.5. The van der Waals surface area contributed by atoms with E-state index in [1.807, 2.05) is 0 Å². The second-order valence-electron chi connectivity index (χ2n) is 5.02. The fourth-order valence-corrected chi connectivity index (χ4v) is 2.89. The number of benzene rings is 1. The third-order valence-corrected chi connectivity index (χ3v) is 4.18. The van der Waals surface area contributed by atoms with Crippen LogP contribution in [0.15, 0.2) is 18.2 Å². The molecule has 0 saturated carbocycles. The van der Waals surface area contributed by atoms with Gasteiger partial charge in [-0.1, -0.05) is 24.6 Å². The summed E-state index contributed by atoms with van der Waals surface area (Å²) in [4.78, 5) is 14.2. The van der Waals surface area contributed by atoms with Crippen molar-refractivity contribution in [2.24, 2.45) is 11.7 Å². The molecule has 2 atom stereocenters.